The predicted molar refractivity (Wildman–Crippen MR) is 468 cm³/mol. The van der Waals surface area contributed by atoms with Crippen molar-refractivity contribution < 1.29 is 51.9 Å². The van der Waals surface area contributed by atoms with Crippen molar-refractivity contribution in [2.45, 2.75) is 70.4 Å². The minimum Gasteiger partial charge on any atom is -0.462 e. The van der Waals surface area contributed by atoms with Gasteiger partial charge in [-0.3, -0.25) is 34.6 Å². The van der Waals surface area contributed by atoms with Gasteiger partial charge in [-0.2, -0.15) is 45.2 Å². The highest BCUT2D eigenvalue weighted by molar-refractivity contribution is 6.44. The predicted octanol–water partition coefficient (Wildman–Crippen LogP) is 12.6. The molecule has 6 aliphatic rings. The number of anilines is 3. The molecule has 14 heterocycles. The van der Waals surface area contributed by atoms with E-state index < -0.39 is 5.82 Å². The summed E-state index contributed by atoms with van der Waals surface area (Å²) in [5, 5.41) is 25.8. The summed E-state index contributed by atoms with van der Waals surface area (Å²) >= 11 is 25.9. The Balaban J connectivity index is 0.000000137. The normalized spacial score (nSPS) is 19.2. The van der Waals surface area contributed by atoms with Crippen LogP contribution in [0.4, 0.5) is 21.8 Å². The van der Waals surface area contributed by atoms with Crippen LogP contribution >= 0.6 is 46.4 Å². The number of likely N-dealkylation sites (tertiary alicyclic amines) is 3. The summed E-state index contributed by atoms with van der Waals surface area (Å²) in [5.41, 5.74) is 3.28. The Morgan fingerprint density at radius 1 is 0.528 bits per heavy atom. The summed E-state index contributed by atoms with van der Waals surface area (Å²) in [6.07, 6.45) is 13.7. The maximum atomic E-state index is 14.7. The van der Waals surface area contributed by atoms with Crippen LogP contribution in [0.3, 0.4) is 0 Å². The molecule has 6 saturated heterocycles. The number of ether oxygens (including phenoxy) is 7. The number of amides is 3. The molecular formula is C85H92Cl4FN23O10. The maximum Gasteiger partial charge on any atom is 0.319 e. The largest absolute Gasteiger partial charge is 0.462 e. The van der Waals surface area contributed by atoms with Gasteiger partial charge in [0.05, 0.1) is 72.1 Å². The van der Waals surface area contributed by atoms with Gasteiger partial charge in [-0.25, -0.2) is 14.4 Å². The summed E-state index contributed by atoms with van der Waals surface area (Å²) in [6.45, 7) is 30.7. The van der Waals surface area contributed by atoms with Gasteiger partial charge in [-0.1, -0.05) is 79.1 Å². The topological polar surface area (TPSA) is 334 Å². The minimum atomic E-state index is -0.667. The van der Waals surface area contributed by atoms with E-state index in [1.165, 1.54) is 30.5 Å². The van der Waals surface area contributed by atoms with Crippen LogP contribution in [0.25, 0.3) is 65.4 Å². The van der Waals surface area contributed by atoms with Crippen molar-refractivity contribution in [1.82, 2.24) is 99.9 Å². The third kappa shape index (κ3) is 18.0. The SMILES string of the molecule is C=CC(=O)N1CCN(c2nc(OC3CN(C)C[C@H]3C)nc3c(Oc4c(Cl)c(Cl)cc5[nH]ncc45)nccc23)CC1.C=CC(=O)N1CCN(c2nc(OC[C@@H]3CCCN3C)nc3c(Oc4c(Cl)ccc5[nH]ncc45)cccc23)CC1.C=CC(=O)N1CCN(c2nc(O[C@@H]3CN(C(C)(C)C)C[C@H]3OC)nc3c(Oc4c(Cl)c(F)cc5[nH]ncc45)nccc23)CC1. The molecule has 0 bridgehead atoms. The highest BCUT2D eigenvalue weighted by atomic mass is 35.5. The van der Waals surface area contributed by atoms with Crippen LogP contribution in [-0.4, -0.2) is 287 Å². The van der Waals surface area contributed by atoms with Crippen LogP contribution in [0.15, 0.2) is 124 Å². The monoisotopic (exact) mass is 1750 g/mol. The van der Waals surface area contributed by atoms with Crippen LogP contribution in [0.2, 0.25) is 20.1 Å². The number of nitrogens with zero attached hydrogens (tertiary/aromatic N) is 20. The summed E-state index contributed by atoms with van der Waals surface area (Å²) in [4.78, 5) is 92.9. The first-order valence-electron chi connectivity index (χ1n) is 40.4. The molecule has 0 radical (unpaired) electrons. The highest BCUT2D eigenvalue weighted by Gasteiger charge is 2.41. The van der Waals surface area contributed by atoms with E-state index in [1.807, 2.05) is 30.3 Å². The number of pyridine rings is 2. The summed E-state index contributed by atoms with van der Waals surface area (Å²) < 4.78 is 58.5. The zero-order valence-corrected chi connectivity index (χ0v) is 71.9. The first-order chi connectivity index (χ1) is 59.4. The number of carbonyl (C=O) groups is 3. The number of rotatable bonds is 20. The zero-order chi connectivity index (χ0) is 86.1. The Bertz CT molecular complexity index is 5990. The number of piperazine rings is 3. The Morgan fingerprint density at radius 3 is 1.52 bits per heavy atom. The molecule has 6 aliphatic heterocycles. The van der Waals surface area contributed by atoms with E-state index in [0.717, 1.165) is 60.0 Å². The molecular weight excluding hydrogens is 1660 g/mol. The van der Waals surface area contributed by atoms with E-state index in [0.29, 0.717) is 199 Å². The lowest BCUT2D eigenvalue weighted by Crippen LogP contribution is -2.48. The molecule has 38 heteroatoms. The van der Waals surface area contributed by atoms with Gasteiger partial charge in [0.2, 0.25) is 29.5 Å². The number of hydrogen-bond acceptors (Lipinski definition) is 27. The van der Waals surface area contributed by atoms with E-state index in [4.69, 9.17) is 109 Å². The van der Waals surface area contributed by atoms with Gasteiger partial charge in [0, 0.05) is 153 Å². The fourth-order valence-electron chi connectivity index (χ4n) is 16.2. The zero-order valence-electron chi connectivity index (χ0n) is 68.9. The molecule has 0 spiro atoms. The number of halogens is 5. The molecule has 5 atom stereocenters. The Labute approximate surface area is 726 Å². The van der Waals surface area contributed by atoms with Gasteiger partial charge in [0.25, 0.3) is 0 Å². The van der Waals surface area contributed by atoms with Gasteiger partial charge < -0.3 is 72.4 Å². The average Bonchev–Trinajstić information content (AvgIpc) is 1.65. The fraction of sp³-hybridized carbons (Fsp3) is 0.388. The number of H-pyrrole nitrogens is 3. The van der Waals surface area contributed by atoms with Gasteiger partial charge >= 0.3 is 18.0 Å². The number of methoxy groups -OCH3 is 1. The van der Waals surface area contributed by atoms with Crippen molar-refractivity contribution in [1.29, 1.82) is 0 Å². The second-order valence-electron chi connectivity index (χ2n) is 31.8. The Kier molecular flexibility index (Phi) is 25.2. The van der Waals surface area contributed by atoms with Crippen molar-refractivity contribution in [3.63, 3.8) is 0 Å². The second-order valence-corrected chi connectivity index (χ2v) is 33.4. The Morgan fingerprint density at radius 2 is 1.02 bits per heavy atom. The van der Waals surface area contributed by atoms with Crippen LogP contribution in [-0.2, 0) is 19.1 Å². The van der Waals surface area contributed by atoms with Crippen LogP contribution in [0.5, 0.6) is 52.8 Å². The van der Waals surface area contributed by atoms with E-state index in [1.54, 1.807) is 64.8 Å². The lowest BCUT2D eigenvalue weighted by atomic mass is 10.1. The van der Waals surface area contributed by atoms with Crippen molar-refractivity contribution >= 4 is 147 Å². The number of nitrogens with one attached hydrogen (secondary N) is 3. The quantitative estimate of drug-likeness (QED) is 0.0597. The number of aromatic amines is 3. The number of benzene rings is 4. The summed E-state index contributed by atoms with van der Waals surface area (Å²) in [7, 11) is 5.85. The molecule has 0 aliphatic carbocycles. The molecule has 123 heavy (non-hydrogen) atoms. The number of aromatic nitrogens is 14. The molecule has 12 aromatic rings. The van der Waals surface area contributed by atoms with Crippen LogP contribution < -0.4 is 43.1 Å². The average molecular weight is 1760 g/mol. The number of likely N-dealkylation sites (N-methyl/N-ethyl adjacent to an activating group) is 2. The summed E-state index contributed by atoms with van der Waals surface area (Å²) in [5.74, 6) is 3.16. The molecule has 4 aromatic carbocycles. The van der Waals surface area contributed by atoms with E-state index in [2.05, 4.69) is 131 Å². The molecule has 33 nitrogen and oxygen atoms in total. The number of hydrogen-bond donors (Lipinski definition) is 3. The molecule has 18 rings (SSSR count). The standard InChI is InChI=1S/C30H34ClFN8O4.C28H30ClN7O3.C27H28Cl2N8O3/c1-6-23(41)38-9-11-39(12-10-38)27-17-7-8-33-28(44-26-18-14-34-37-20(18)13-19(32)24(26)31)25(17)35-29(36-27)43-22-16-40(30(2,3)4)15-21(22)42-5;1-3-24(37)35-12-14-36(15-13-35)27-19-7-4-8-23(39-26-20-16-30-33-22(20)10-9-21(26)29)25(19)31-28(32-27)38-17-18-6-5-11-34(18)2;1-4-21(38)36-7-9-37(10-8-36)25-16-5-6-30-26(40-24-17-12-31-34-19(17)11-18(28)22(24)29)23(16)32-27(33-25)39-20-14-35(3)13-15(20)2/h6-8,13-14,21-22H,1,9-12,15-16H2,2-5H3,(H,34,37);3-4,7-10,16,18H,1,5-6,11-15,17H2,2H3,(H,30,33);4-6,11-12,15,20H,1,7-10,13-14H2,2-3H3,(H,31,34)/t21-,22-;18-;15-,20?/m101/s1. The molecule has 3 amide bonds. The van der Waals surface area contributed by atoms with Gasteiger partial charge in [0.1, 0.15) is 74.8 Å². The van der Waals surface area contributed by atoms with Gasteiger partial charge in [-0.15, -0.1) is 0 Å². The lowest BCUT2D eigenvalue weighted by molar-refractivity contribution is -0.127. The maximum absolute atomic E-state index is 14.7. The lowest BCUT2D eigenvalue weighted by Gasteiger charge is -2.35. The molecule has 1 unspecified atom stereocenters. The molecule has 8 aromatic heterocycles. The fourth-order valence-corrected chi connectivity index (χ4v) is 17.0. The third-order valence-corrected chi connectivity index (χ3v) is 24.5. The van der Waals surface area contributed by atoms with E-state index in [-0.39, 0.29) is 81.1 Å². The number of carbonyl (C=O) groups excluding carboxylic acids is 3. The third-order valence-electron chi connectivity index (χ3n) is 23.0. The molecule has 642 valence electrons. The second kappa shape index (κ2) is 36.4. The van der Waals surface area contributed by atoms with Crippen molar-refractivity contribution in [2.24, 2.45) is 5.92 Å². The molecule has 0 saturated carbocycles. The Hall–Kier alpha value is -11.6. The minimum absolute atomic E-state index is 0.0608. The van der Waals surface area contributed by atoms with Crippen molar-refractivity contribution in [2.75, 3.05) is 154 Å². The van der Waals surface area contributed by atoms with Crippen LogP contribution in [0.1, 0.15) is 40.5 Å². The molecule has 6 fully saturated rings. The van der Waals surface area contributed by atoms with Crippen molar-refractivity contribution in [3.05, 3.63) is 149 Å². The highest BCUT2D eigenvalue weighted by Crippen LogP contribution is 2.46. The van der Waals surface area contributed by atoms with E-state index >= 15 is 0 Å². The van der Waals surface area contributed by atoms with Gasteiger partial charge in [-0.05, 0) is 115 Å². The first-order valence-corrected chi connectivity index (χ1v) is 42.0. The smallest absolute Gasteiger partial charge is 0.319 e. The number of para-hydroxylation sites is 1. The number of fused-ring (bicyclic) bond motifs is 6. The van der Waals surface area contributed by atoms with E-state index in [9.17, 15) is 18.8 Å². The first kappa shape index (κ1) is 85.0. The molecule has 3 N–H and O–H groups in total. The van der Waals surface area contributed by atoms with Crippen molar-refractivity contribution in [3.8, 4) is 52.8 Å². The van der Waals surface area contributed by atoms with Crippen LogP contribution in [0, 0.1) is 11.7 Å². The van der Waals surface area contributed by atoms with Gasteiger partial charge in [0.15, 0.2) is 23.0 Å². The summed E-state index contributed by atoms with van der Waals surface area (Å²) in [6, 6.07) is 17.0.